The van der Waals surface area contributed by atoms with Crippen LogP contribution in [-0.2, 0) is 11.3 Å². The third-order valence-electron chi connectivity index (χ3n) is 5.16. The van der Waals surface area contributed by atoms with Crippen LogP contribution in [0.5, 0.6) is 0 Å². The molecule has 158 valence electrons. The topological polar surface area (TPSA) is 84.3 Å². The van der Waals surface area contributed by atoms with Crippen molar-refractivity contribution in [1.82, 2.24) is 20.1 Å². The summed E-state index contributed by atoms with van der Waals surface area (Å²) in [6.45, 7) is 1.27. The third kappa shape index (κ3) is 3.79. The number of hydrogen-bond donors (Lipinski definition) is 2. The molecule has 0 aliphatic carbocycles. The molecule has 0 bridgehead atoms. The number of nitrogens with zero attached hydrogens (tertiary/aromatic N) is 4. The van der Waals surface area contributed by atoms with Crippen molar-refractivity contribution in [1.29, 1.82) is 0 Å². The van der Waals surface area contributed by atoms with Crippen LogP contribution in [0.25, 0.3) is 0 Å². The Hall–Kier alpha value is -3.24. The van der Waals surface area contributed by atoms with Gasteiger partial charge < -0.3 is 15.4 Å². The van der Waals surface area contributed by atoms with E-state index in [0.29, 0.717) is 37.2 Å². The molecule has 2 N–H and O–H groups in total. The predicted octanol–water partition coefficient (Wildman–Crippen LogP) is 4.09. The van der Waals surface area contributed by atoms with Crippen LogP contribution < -0.4 is 15.5 Å². The smallest absolute Gasteiger partial charge is 0.326 e. The fourth-order valence-electron chi connectivity index (χ4n) is 3.64. The Morgan fingerprint density at radius 1 is 1.19 bits per heavy atom. The molecule has 3 heterocycles. The van der Waals surface area contributed by atoms with Gasteiger partial charge in [0.1, 0.15) is 12.4 Å². The number of benzene rings is 2. The molecule has 8 nitrogen and oxygen atoms in total. The second kappa shape index (κ2) is 8.12. The Kier molecular flexibility index (Phi) is 5.16. The minimum absolute atomic E-state index is 0.191. The maximum atomic E-state index is 13.4. The van der Waals surface area contributed by atoms with Crippen molar-refractivity contribution in [3.8, 4) is 0 Å². The maximum absolute atomic E-state index is 13.4. The standard InChI is InChI=1S/C21H18BrFN6O2/c22-16-7-6-15(28-9-1-8-24-21(28)30)10-17(16)25-20-27-26-19-12-31-11-18(29(19)20)13-2-4-14(23)5-3-13/h1-7,9-10,18H,8,11-12H2,(H,24,30)(H,25,27). The highest BCUT2D eigenvalue weighted by atomic mass is 79.9. The first kappa shape index (κ1) is 19.7. The van der Waals surface area contributed by atoms with Gasteiger partial charge in [0.25, 0.3) is 0 Å². The van der Waals surface area contributed by atoms with Gasteiger partial charge in [0.15, 0.2) is 5.82 Å². The van der Waals surface area contributed by atoms with E-state index in [1.54, 1.807) is 18.3 Å². The van der Waals surface area contributed by atoms with Gasteiger partial charge in [-0.2, -0.15) is 0 Å². The van der Waals surface area contributed by atoms with Gasteiger partial charge in [-0.15, -0.1) is 10.2 Å². The number of nitrogens with one attached hydrogen (secondary N) is 2. The molecular weight excluding hydrogens is 467 g/mol. The summed E-state index contributed by atoms with van der Waals surface area (Å²) in [5.41, 5.74) is 2.33. The molecule has 5 rings (SSSR count). The molecule has 3 aromatic rings. The zero-order valence-corrected chi connectivity index (χ0v) is 17.8. The lowest BCUT2D eigenvalue weighted by molar-refractivity contribution is 0.0670. The number of rotatable bonds is 4. The summed E-state index contributed by atoms with van der Waals surface area (Å²) >= 11 is 3.56. The second-order valence-electron chi connectivity index (χ2n) is 7.12. The van der Waals surface area contributed by atoms with Gasteiger partial charge in [0.05, 0.1) is 24.0 Å². The molecule has 1 aromatic heterocycles. The van der Waals surface area contributed by atoms with Crippen molar-refractivity contribution in [3.63, 3.8) is 0 Å². The zero-order chi connectivity index (χ0) is 21.4. The summed E-state index contributed by atoms with van der Waals surface area (Å²) in [7, 11) is 0. The number of amides is 2. The van der Waals surface area contributed by atoms with E-state index in [4.69, 9.17) is 4.74 Å². The van der Waals surface area contributed by atoms with E-state index in [-0.39, 0.29) is 17.9 Å². The number of ether oxygens (including phenoxy) is 1. The van der Waals surface area contributed by atoms with E-state index in [1.165, 1.54) is 17.0 Å². The SMILES string of the molecule is O=C1NCC=CN1c1ccc(Br)c(Nc2nnc3n2C(c2ccc(F)cc2)COC3)c1. The molecule has 0 fully saturated rings. The van der Waals surface area contributed by atoms with Crippen LogP contribution in [0, 0.1) is 5.82 Å². The van der Waals surface area contributed by atoms with Gasteiger partial charge in [0.2, 0.25) is 5.95 Å². The van der Waals surface area contributed by atoms with Crippen LogP contribution in [0.15, 0.2) is 59.2 Å². The number of hydrogen-bond acceptors (Lipinski definition) is 5. The lowest BCUT2D eigenvalue weighted by Crippen LogP contribution is -2.39. The number of carbonyl (C=O) groups excluding carboxylic acids is 1. The highest BCUT2D eigenvalue weighted by Crippen LogP contribution is 2.34. The summed E-state index contributed by atoms with van der Waals surface area (Å²) in [6, 6.07) is 11.5. The first-order valence-electron chi connectivity index (χ1n) is 9.67. The largest absolute Gasteiger partial charge is 0.371 e. The monoisotopic (exact) mass is 484 g/mol. The first-order valence-corrected chi connectivity index (χ1v) is 10.5. The first-order chi connectivity index (χ1) is 15.1. The Labute approximate surface area is 185 Å². The van der Waals surface area contributed by atoms with Gasteiger partial charge >= 0.3 is 6.03 Å². The second-order valence-corrected chi connectivity index (χ2v) is 7.98. The molecule has 2 aliphatic rings. The molecule has 0 spiro atoms. The third-order valence-corrected chi connectivity index (χ3v) is 5.85. The molecule has 0 radical (unpaired) electrons. The molecule has 0 saturated heterocycles. The number of halogens is 2. The maximum Gasteiger partial charge on any atom is 0.326 e. The van der Waals surface area contributed by atoms with E-state index in [9.17, 15) is 9.18 Å². The van der Waals surface area contributed by atoms with Crippen molar-refractivity contribution in [2.24, 2.45) is 0 Å². The number of fused-ring (bicyclic) bond motifs is 1. The molecular formula is C21H18BrFN6O2. The molecule has 2 amide bonds. The number of anilines is 3. The molecule has 31 heavy (non-hydrogen) atoms. The highest BCUT2D eigenvalue weighted by Gasteiger charge is 2.27. The Morgan fingerprint density at radius 3 is 2.84 bits per heavy atom. The molecule has 0 saturated carbocycles. The lowest BCUT2D eigenvalue weighted by Gasteiger charge is -2.27. The fraction of sp³-hybridized carbons (Fsp3) is 0.190. The van der Waals surface area contributed by atoms with Crippen molar-refractivity contribution in [2.75, 3.05) is 23.4 Å². The Balaban J connectivity index is 1.49. The van der Waals surface area contributed by atoms with Gasteiger partial charge in [-0.3, -0.25) is 9.47 Å². The molecule has 2 aromatic carbocycles. The highest BCUT2D eigenvalue weighted by molar-refractivity contribution is 9.10. The van der Waals surface area contributed by atoms with Crippen molar-refractivity contribution < 1.29 is 13.9 Å². The van der Waals surface area contributed by atoms with Crippen LogP contribution >= 0.6 is 15.9 Å². The van der Waals surface area contributed by atoms with E-state index < -0.39 is 0 Å². The van der Waals surface area contributed by atoms with Crippen LogP contribution in [-0.4, -0.2) is 33.9 Å². The summed E-state index contributed by atoms with van der Waals surface area (Å²) in [4.78, 5) is 13.7. The van der Waals surface area contributed by atoms with Crippen LogP contribution in [0.1, 0.15) is 17.4 Å². The minimum Gasteiger partial charge on any atom is -0.371 e. The van der Waals surface area contributed by atoms with Crippen LogP contribution in [0.2, 0.25) is 0 Å². The number of aromatic nitrogens is 3. The number of carbonyl (C=O) groups is 1. The van der Waals surface area contributed by atoms with Gasteiger partial charge in [0, 0.05) is 17.2 Å². The summed E-state index contributed by atoms with van der Waals surface area (Å²) in [5, 5.41) is 14.7. The molecule has 10 heteroatoms. The molecule has 1 unspecified atom stereocenters. The summed E-state index contributed by atoms with van der Waals surface area (Å²) in [5.74, 6) is 0.914. The average molecular weight is 485 g/mol. The fourth-order valence-corrected chi connectivity index (χ4v) is 3.99. The average Bonchev–Trinajstić information content (AvgIpc) is 3.19. The number of urea groups is 1. The quantitative estimate of drug-likeness (QED) is 0.582. The summed E-state index contributed by atoms with van der Waals surface area (Å²) < 4.78 is 21.8. The van der Waals surface area contributed by atoms with Gasteiger partial charge in [-0.05, 0) is 57.9 Å². The van der Waals surface area contributed by atoms with E-state index in [2.05, 4.69) is 36.8 Å². The molecule has 2 aliphatic heterocycles. The van der Waals surface area contributed by atoms with Crippen LogP contribution in [0.4, 0.5) is 26.5 Å². The lowest BCUT2D eigenvalue weighted by atomic mass is 10.1. The van der Waals surface area contributed by atoms with E-state index >= 15 is 0 Å². The van der Waals surface area contributed by atoms with Crippen LogP contribution in [0.3, 0.4) is 0 Å². The minimum atomic E-state index is -0.292. The molecule has 1 atom stereocenters. The van der Waals surface area contributed by atoms with Crippen molar-refractivity contribution in [2.45, 2.75) is 12.6 Å². The van der Waals surface area contributed by atoms with Crippen molar-refractivity contribution in [3.05, 3.63) is 76.4 Å². The normalized spacial score (nSPS) is 17.9. The zero-order valence-electron chi connectivity index (χ0n) is 16.3. The Bertz CT molecular complexity index is 1160. The predicted molar refractivity (Wildman–Crippen MR) is 117 cm³/mol. The van der Waals surface area contributed by atoms with Crippen molar-refractivity contribution >= 4 is 39.3 Å². The van der Waals surface area contributed by atoms with E-state index in [1.807, 2.05) is 28.8 Å². The van der Waals surface area contributed by atoms with Gasteiger partial charge in [-0.25, -0.2) is 9.18 Å². The van der Waals surface area contributed by atoms with Gasteiger partial charge in [-0.1, -0.05) is 12.1 Å². The Morgan fingerprint density at radius 2 is 2.03 bits per heavy atom. The van der Waals surface area contributed by atoms with E-state index in [0.717, 1.165) is 15.7 Å². The summed E-state index contributed by atoms with van der Waals surface area (Å²) in [6.07, 6.45) is 3.62.